The third-order valence-corrected chi connectivity index (χ3v) is 3.17. The number of carbonyl (C=O) groups excluding carboxylic acids is 2. The lowest BCUT2D eigenvalue weighted by Gasteiger charge is -2.13. The highest BCUT2D eigenvalue weighted by Crippen LogP contribution is 2.17. The number of carbonyl (C=O) groups is 2. The van der Waals surface area contributed by atoms with Crippen molar-refractivity contribution in [1.29, 1.82) is 0 Å². The summed E-state index contributed by atoms with van der Waals surface area (Å²) in [6, 6.07) is 13.2. The highest BCUT2D eigenvalue weighted by molar-refractivity contribution is 5.82. The van der Waals surface area contributed by atoms with Gasteiger partial charge in [0.1, 0.15) is 18.4 Å². The maximum absolute atomic E-state index is 11.9. The van der Waals surface area contributed by atoms with Gasteiger partial charge in [-0.05, 0) is 24.6 Å². The zero-order valence-electron chi connectivity index (χ0n) is 13.4. The van der Waals surface area contributed by atoms with E-state index in [0.29, 0.717) is 0 Å². The lowest BCUT2D eigenvalue weighted by molar-refractivity contribution is -0.384. The number of ether oxygens (including phenoxy) is 2. The Morgan fingerprint density at radius 2 is 1.76 bits per heavy atom. The maximum atomic E-state index is 11.9. The molecule has 0 fully saturated rings. The second-order valence-electron chi connectivity index (χ2n) is 5.10. The Kier molecular flexibility index (Phi) is 6.05. The van der Waals surface area contributed by atoms with Gasteiger partial charge in [-0.15, -0.1) is 0 Å². The number of non-ortho nitro benzene ring substituents is 1. The zero-order valence-corrected chi connectivity index (χ0v) is 13.4. The first kappa shape index (κ1) is 17.9. The molecule has 8 nitrogen and oxygen atoms in total. The second kappa shape index (κ2) is 8.44. The number of rotatable bonds is 6. The fourth-order valence-electron chi connectivity index (χ4n) is 1.84. The Morgan fingerprint density at radius 1 is 1.12 bits per heavy atom. The fraction of sp³-hybridized carbons (Fsp3) is 0.176. The summed E-state index contributed by atoms with van der Waals surface area (Å²) in [5, 5.41) is 12.9. The van der Waals surface area contributed by atoms with Crippen molar-refractivity contribution in [3.8, 4) is 5.75 Å². The summed E-state index contributed by atoms with van der Waals surface area (Å²) in [5.41, 5.74) is 0.703. The van der Waals surface area contributed by atoms with Gasteiger partial charge in [-0.25, -0.2) is 9.59 Å². The van der Waals surface area contributed by atoms with Crippen molar-refractivity contribution in [3.63, 3.8) is 0 Å². The van der Waals surface area contributed by atoms with Gasteiger partial charge in [-0.1, -0.05) is 30.3 Å². The number of nitro groups is 1. The van der Waals surface area contributed by atoms with Crippen molar-refractivity contribution in [2.24, 2.45) is 0 Å². The van der Waals surface area contributed by atoms with Gasteiger partial charge >= 0.3 is 12.1 Å². The number of nitrogens with one attached hydrogen (secondary N) is 1. The average Bonchev–Trinajstić information content (AvgIpc) is 2.61. The fourth-order valence-corrected chi connectivity index (χ4v) is 1.84. The van der Waals surface area contributed by atoms with Crippen LogP contribution >= 0.6 is 0 Å². The summed E-state index contributed by atoms with van der Waals surface area (Å²) in [5.74, 6) is -0.576. The number of hydrogen-bond acceptors (Lipinski definition) is 6. The minimum atomic E-state index is -0.946. The molecule has 2 aromatic carbocycles. The molecule has 0 heterocycles. The van der Waals surface area contributed by atoms with Crippen LogP contribution in [0.25, 0.3) is 0 Å². The molecule has 130 valence electrons. The van der Waals surface area contributed by atoms with Gasteiger partial charge in [0, 0.05) is 12.1 Å². The molecule has 0 bridgehead atoms. The minimum absolute atomic E-state index is 0.0802. The Bertz CT molecular complexity index is 745. The molecule has 0 unspecified atom stereocenters. The SMILES string of the molecule is C[C@@H](NC(=O)OCc1ccccc1)C(=O)Oc1ccc([N+](=O)[O-])cc1. The Morgan fingerprint density at radius 3 is 2.36 bits per heavy atom. The van der Waals surface area contributed by atoms with Gasteiger partial charge in [-0.3, -0.25) is 10.1 Å². The van der Waals surface area contributed by atoms with Crippen LogP contribution < -0.4 is 10.1 Å². The number of hydrogen-bond donors (Lipinski definition) is 1. The molecule has 0 aliphatic rings. The first-order chi connectivity index (χ1) is 12.0. The molecule has 2 rings (SSSR count). The molecule has 2 aromatic rings. The highest BCUT2D eigenvalue weighted by atomic mass is 16.6. The lowest BCUT2D eigenvalue weighted by Crippen LogP contribution is -2.41. The third-order valence-electron chi connectivity index (χ3n) is 3.17. The summed E-state index contributed by atoms with van der Waals surface area (Å²) < 4.78 is 10.1. The van der Waals surface area contributed by atoms with E-state index in [1.165, 1.54) is 31.2 Å². The van der Waals surface area contributed by atoms with E-state index in [1.54, 1.807) is 12.1 Å². The number of nitrogens with zero attached hydrogens (tertiary/aromatic N) is 1. The van der Waals surface area contributed by atoms with E-state index >= 15 is 0 Å². The first-order valence-corrected chi connectivity index (χ1v) is 7.39. The molecule has 1 N–H and O–H groups in total. The number of alkyl carbamates (subject to hydrolysis) is 1. The predicted octanol–water partition coefficient (Wildman–Crippen LogP) is 2.82. The largest absolute Gasteiger partial charge is 0.445 e. The molecule has 0 saturated heterocycles. The van der Waals surface area contributed by atoms with Crippen molar-refractivity contribution in [1.82, 2.24) is 5.32 Å². The van der Waals surface area contributed by atoms with E-state index in [-0.39, 0.29) is 18.0 Å². The molecule has 0 aromatic heterocycles. The monoisotopic (exact) mass is 344 g/mol. The first-order valence-electron chi connectivity index (χ1n) is 7.39. The van der Waals surface area contributed by atoms with Crippen molar-refractivity contribution < 1.29 is 24.0 Å². The van der Waals surface area contributed by atoms with Crippen LogP contribution in [0.2, 0.25) is 0 Å². The summed E-state index contributed by atoms with van der Waals surface area (Å²) in [7, 11) is 0. The van der Waals surface area contributed by atoms with Crippen LogP contribution in [-0.4, -0.2) is 23.0 Å². The number of nitro benzene ring substituents is 1. The Labute approximate surface area is 143 Å². The summed E-state index contributed by atoms with van der Waals surface area (Å²) in [6.45, 7) is 1.52. The molecule has 0 radical (unpaired) electrons. The van der Waals surface area contributed by atoms with Gasteiger partial charge in [-0.2, -0.15) is 0 Å². The summed E-state index contributed by atoms with van der Waals surface area (Å²) in [4.78, 5) is 33.6. The molecule has 0 saturated carbocycles. The second-order valence-corrected chi connectivity index (χ2v) is 5.10. The molecule has 8 heteroatoms. The van der Waals surface area contributed by atoms with Gasteiger partial charge in [0.25, 0.3) is 5.69 Å². The quantitative estimate of drug-likeness (QED) is 0.374. The molecule has 0 aliphatic carbocycles. The van der Waals surface area contributed by atoms with Crippen LogP contribution in [0.1, 0.15) is 12.5 Å². The molecule has 0 spiro atoms. The zero-order chi connectivity index (χ0) is 18.2. The lowest BCUT2D eigenvalue weighted by atomic mass is 10.2. The standard InChI is InChI=1S/C17H16N2O6/c1-12(18-17(21)24-11-13-5-3-2-4-6-13)16(20)25-15-9-7-14(8-10-15)19(22)23/h2-10,12H,11H2,1H3,(H,18,21)/t12-/m1/s1. The van der Waals surface area contributed by atoms with Crippen molar-refractivity contribution in [2.45, 2.75) is 19.6 Å². The van der Waals surface area contributed by atoms with Gasteiger partial charge in [0.05, 0.1) is 4.92 Å². The van der Waals surface area contributed by atoms with Crippen molar-refractivity contribution in [2.75, 3.05) is 0 Å². The van der Waals surface area contributed by atoms with Gasteiger partial charge in [0.15, 0.2) is 0 Å². The third kappa shape index (κ3) is 5.61. The van der Waals surface area contributed by atoms with E-state index in [2.05, 4.69) is 5.32 Å². The van der Waals surface area contributed by atoms with Crippen LogP contribution in [-0.2, 0) is 16.1 Å². The number of esters is 1. The van der Waals surface area contributed by atoms with Crippen molar-refractivity contribution in [3.05, 3.63) is 70.3 Å². The van der Waals surface area contributed by atoms with E-state index in [4.69, 9.17) is 9.47 Å². The molecule has 1 amide bonds. The Hall–Kier alpha value is -3.42. The molecular formula is C17H16N2O6. The van der Waals surface area contributed by atoms with Crippen LogP contribution in [0.15, 0.2) is 54.6 Å². The molecule has 0 aliphatic heterocycles. The van der Waals surface area contributed by atoms with Crippen LogP contribution in [0.4, 0.5) is 10.5 Å². The Balaban J connectivity index is 1.81. The van der Waals surface area contributed by atoms with Crippen LogP contribution in [0, 0.1) is 10.1 Å². The maximum Gasteiger partial charge on any atom is 0.408 e. The normalized spacial score (nSPS) is 11.2. The van der Waals surface area contributed by atoms with E-state index in [0.717, 1.165) is 5.56 Å². The van der Waals surface area contributed by atoms with Crippen molar-refractivity contribution >= 4 is 17.7 Å². The average molecular weight is 344 g/mol. The van der Waals surface area contributed by atoms with E-state index < -0.39 is 23.0 Å². The topological polar surface area (TPSA) is 108 Å². The van der Waals surface area contributed by atoms with E-state index in [1.807, 2.05) is 18.2 Å². The van der Waals surface area contributed by atoms with Gasteiger partial charge < -0.3 is 14.8 Å². The molecule has 1 atom stereocenters. The molecule has 25 heavy (non-hydrogen) atoms. The van der Waals surface area contributed by atoms with Gasteiger partial charge in [0.2, 0.25) is 0 Å². The summed E-state index contributed by atoms with van der Waals surface area (Å²) in [6.07, 6.45) is -0.753. The summed E-state index contributed by atoms with van der Waals surface area (Å²) >= 11 is 0. The highest BCUT2D eigenvalue weighted by Gasteiger charge is 2.19. The van der Waals surface area contributed by atoms with E-state index in [9.17, 15) is 19.7 Å². The number of benzene rings is 2. The minimum Gasteiger partial charge on any atom is -0.445 e. The number of amides is 1. The van der Waals surface area contributed by atoms with Crippen LogP contribution in [0.3, 0.4) is 0 Å². The van der Waals surface area contributed by atoms with Crippen LogP contribution in [0.5, 0.6) is 5.75 Å². The smallest absolute Gasteiger partial charge is 0.408 e. The molecular weight excluding hydrogens is 328 g/mol. The predicted molar refractivity (Wildman–Crippen MR) is 88.0 cm³/mol.